The number of fused-ring (bicyclic) bond motifs is 2. The molecule has 2 aliphatic heterocycles. The molecule has 2 aliphatic rings. The monoisotopic (exact) mass is 293 g/mol. The van der Waals surface area contributed by atoms with E-state index in [4.69, 9.17) is 16.3 Å². The van der Waals surface area contributed by atoms with Crippen LogP contribution in [0.25, 0.3) is 0 Å². The SMILES string of the molecule is Cc1cc(C)cc(C(=O)OC2CC3CC(Cl)CC2N3)c1. The summed E-state index contributed by atoms with van der Waals surface area (Å²) in [6.45, 7) is 3.98. The molecule has 1 N–H and O–H groups in total. The number of ether oxygens (including phenoxy) is 1. The average molecular weight is 294 g/mol. The molecule has 0 radical (unpaired) electrons. The molecular weight excluding hydrogens is 274 g/mol. The number of aryl methyl sites for hydroxylation is 2. The molecule has 1 aromatic carbocycles. The minimum Gasteiger partial charge on any atom is -0.457 e. The molecule has 0 spiro atoms. The van der Waals surface area contributed by atoms with E-state index in [9.17, 15) is 4.79 Å². The molecule has 2 saturated heterocycles. The Hall–Kier alpha value is -1.06. The first kappa shape index (κ1) is 13.9. The highest BCUT2D eigenvalue weighted by Gasteiger charge is 2.42. The zero-order valence-electron chi connectivity index (χ0n) is 11.9. The zero-order valence-corrected chi connectivity index (χ0v) is 12.6. The maximum absolute atomic E-state index is 12.3. The fourth-order valence-electron chi connectivity index (χ4n) is 3.42. The molecule has 4 unspecified atom stereocenters. The van der Waals surface area contributed by atoms with Crippen molar-refractivity contribution >= 4 is 17.6 Å². The van der Waals surface area contributed by atoms with Crippen molar-refractivity contribution in [2.75, 3.05) is 0 Å². The van der Waals surface area contributed by atoms with Gasteiger partial charge in [0.05, 0.1) is 5.56 Å². The van der Waals surface area contributed by atoms with E-state index in [1.807, 2.05) is 26.0 Å². The van der Waals surface area contributed by atoms with Gasteiger partial charge in [-0.05, 0) is 38.8 Å². The number of carbonyl (C=O) groups is 1. The molecule has 1 aromatic rings. The van der Waals surface area contributed by atoms with Crippen LogP contribution in [0.4, 0.5) is 0 Å². The third-order valence-corrected chi connectivity index (χ3v) is 4.54. The Morgan fingerprint density at radius 1 is 1.20 bits per heavy atom. The maximum atomic E-state index is 12.3. The third kappa shape index (κ3) is 2.84. The van der Waals surface area contributed by atoms with Gasteiger partial charge in [-0.1, -0.05) is 17.2 Å². The molecule has 0 aromatic heterocycles. The third-order valence-electron chi connectivity index (χ3n) is 4.18. The van der Waals surface area contributed by atoms with Crippen LogP contribution >= 0.6 is 11.6 Å². The summed E-state index contributed by atoms with van der Waals surface area (Å²) in [6.07, 6.45) is 2.68. The van der Waals surface area contributed by atoms with Gasteiger partial charge in [0.2, 0.25) is 0 Å². The predicted molar refractivity (Wildman–Crippen MR) is 79.3 cm³/mol. The van der Waals surface area contributed by atoms with Crippen LogP contribution in [0.5, 0.6) is 0 Å². The summed E-state index contributed by atoms with van der Waals surface area (Å²) in [5, 5.41) is 3.69. The number of halogens is 1. The topological polar surface area (TPSA) is 38.3 Å². The molecule has 2 fully saturated rings. The van der Waals surface area contributed by atoms with Crippen LogP contribution in [0.15, 0.2) is 18.2 Å². The predicted octanol–water partition coefficient (Wildman–Crippen LogP) is 2.96. The lowest BCUT2D eigenvalue weighted by molar-refractivity contribution is 0.0270. The number of esters is 1. The first-order valence-corrected chi connectivity index (χ1v) is 7.64. The summed E-state index contributed by atoms with van der Waals surface area (Å²) >= 11 is 6.23. The first-order chi connectivity index (χ1) is 9.51. The Bertz CT molecular complexity index is 511. The van der Waals surface area contributed by atoms with Crippen molar-refractivity contribution in [2.24, 2.45) is 0 Å². The average Bonchev–Trinajstić information content (AvgIpc) is 2.63. The molecule has 4 atom stereocenters. The molecule has 0 saturated carbocycles. The van der Waals surface area contributed by atoms with Crippen LogP contribution in [0, 0.1) is 13.8 Å². The number of nitrogens with one attached hydrogen (secondary N) is 1. The lowest BCUT2D eigenvalue weighted by Gasteiger charge is -2.26. The van der Waals surface area contributed by atoms with Crippen molar-refractivity contribution in [2.45, 2.75) is 56.7 Å². The Balaban J connectivity index is 1.70. The second kappa shape index (κ2) is 5.38. The molecule has 3 nitrogen and oxygen atoms in total. The number of carbonyl (C=O) groups excluding carboxylic acids is 1. The molecule has 2 bridgehead atoms. The summed E-state index contributed by atoms with van der Waals surface area (Å²) in [5.41, 5.74) is 2.81. The van der Waals surface area contributed by atoms with E-state index < -0.39 is 0 Å². The van der Waals surface area contributed by atoms with Crippen LogP contribution in [0.3, 0.4) is 0 Å². The Morgan fingerprint density at radius 2 is 1.90 bits per heavy atom. The minimum absolute atomic E-state index is 0.0444. The van der Waals surface area contributed by atoms with Gasteiger partial charge in [-0.3, -0.25) is 0 Å². The summed E-state index contributed by atoms with van der Waals surface area (Å²) in [5.74, 6) is -0.220. The number of piperidine rings is 1. The van der Waals surface area contributed by atoms with E-state index in [-0.39, 0.29) is 23.5 Å². The van der Waals surface area contributed by atoms with Crippen molar-refractivity contribution in [1.29, 1.82) is 0 Å². The second-order valence-corrected chi connectivity index (χ2v) is 6.71. The molecule has 20 heavy (non-hydrogen) atoms. The van der Waals surface area contributed by atoms with E-state index in [0.717, 1.165) is 30.4 Å². The van der Waals surface area contributed by atoms with Gasteiger partial charge in [-0.25, -0.2) is 4.79 Å². The van der Waals surface area contributed by atoms with E-state index in [2.05, 4.69) is 11.4 Å². The Labute approximate surface area is 124 Å². The lowest BCUT2D eigenvalue weighted by Crippen LogP contribution is -2.42. The van der Waals surface area contributed by atoms with Crippen LogP contribution in [-0.2, 0) is 4.74 Å². The normalized spacial score (nSPS) is 32.1. The first-order valence-electron chi connectivity index (χ1n) is 7.20. The van der Waals surface area contributed by atoms with Crippen molar-refractivity contribution < 1.29 is 9.53 Å². The fourth-order valence-corrected chi connectivity index (χ4v) is 3.82. The van der Waals surface area contributed by atoms with Crippen molar-refractivity contribution in [1.82, 2.24) is 5.32 Å². The van der Waals surface area contributed by atoms with Gasteiger partial charge in [0.25, 0.3) is 0 Å². The zero-order chi connectivity index (χ0) is 14.3. The van der Waals surface area contributed by atoms with Gasteiger partial charge >= 0.3 is 5.97 Å². The number of hydrogen-bond acceptors (Lipinski definition) is 3. The molecular formula is C16H20ClNO2. The van der Waals surface area contributed by atoms with Crippen molar-refractivity contribution in [3.05, 3.63) is 34.9 Å². The van der Waals surface area contributed by atoms with E-state index in [0.29, 0.717) is 11.6 Å². The molecule has 2 heterocycles. The molecule has 3 rings (SSSR count). The summed E-state index contributed by atoms with van der Waals surface area (Å²) in [6, 6.07) is 6.43. The Morgan fingerprint density at radius 3 is 2.60 bits per heavy atom. The van der Waals surface area contributed by atoms with Crippen molar-refractivity contribution in [3.8, 4) is 0 Å². The second-order valence-electron chi connectivity index (χ2n) is 6.09. The number of benzene rings is 1. The van der Waals surface area contributed by atoms with Crippen LogP contribution in [0.1, 0.15) is 40.7 Å². The van der Waals surface area contributed by atoms with E-state index in [1.54, 1.807) is 0 Å². The highest BCUT2D eigenvalue weighted by molar-refractivity contribution is 6.20. The molecule has 0 amide bonds. The summed E-state index contributed by atoms with van der Waals surface area (Å²) in [7, 11) is 0. The van der Waals surface area contributed by atoms with Gasteiger partial charge in [-0.15, -0.1) is 11.6 Å². The highest BCUT2D eigenvalue weighted by Crippen LogP contribution is 2.32. The standard InChI is InChI=1S/C16H20ClNO2/c1-9-3-10(2)5-11(4-9)16(19)20-15-8-13-6-12(17)7-14(15)18-13/h3-5,12-15,18H,6-8H2,1-2H3. The molecule has 108 valence electrons. The number of alkyl halides is 1. The van der Waals surface area contributed by atoms with Crippen LogP contribution < -0.4 is 5.32 Å². The lowest BCUT2D eigenvalue weighted by atomic mass is 10.1. The van der Waals surface area contributed by atoms with Crippen LogP contribution in [-0.4, -0.2) is 29.5 Å². The van der Waals surface area contributed by atoms with Gasteiger partial charge in [0.1, 0.15) is 6.10 Å². The summed E-state index contributed by atoms with van der Waals surface area (Å²) in [4.78, 5) is 12.3. The largest absolute Gasteiger partial charge is 0.457 e. The number of hydrogen-bond donors (Lipinski definition) is 1. The summed E-state index contributed by atoms with van der Waals surface area (Å²) < 4.78 is 5.71. The van der Waals surface area contributed by atoms with Gasteiger partial charge in [-0.2, -0.15) is 0 Å². The smallest absolute Gasteiger partial charge is 0.338 e. The van der Waals surface area contributed by atoms with Crippen molar-refractivity contribution in [3.63, 3.8) is 0 Å². The van der Waals surface area contributed by atoms with Crippen LogP contribution in [0.2, 0.25) is 0 Å². The maximum Gasteiger partial charge on any atom is 0.338 e. The number of rotatable bonds is 2. The van der Waals surface area contributed by atoms with Gasteiger partial charge < -0.3 is 10.1 Å². The van der Waals surface area contributed by atoms with Gasteiger partial charge in [0.15, 0.2) is 0 Å². The van der Waals surface area contributed by atoms with E-state index in [1.165, 1.54) is 0 Å². The Kier molecular flexibility index (Phi) is 3.74. The molecule has 0 aliphatic carbocycles. The van der Waals surface area contributed by atoms with E-state index >= 15 is 0 Å². The fraction of sp³-hybridized carbons (Fsp3) is 0.562. The minimum atomic E-state index is -0.220. The quantitative estimate of drug-likeness (QED) is 0.673. The highest BCUT2D eigenvalue weighted by atomic mass is 35.5. The molecule has 4 heteroatoms. The van der Waals surface area contributed by atoms with Gasteiger partial charge in [0, 0.05) is 23.9 Å².